The van der Waals surface area contributed by atoms with Gasteiger partial charge in [0.15, 0.2) is 0 Å². The van der Waals surface area contributed by atoms with E-state index in [1.54, 1.807) is 30.3 Å². The molecule has 8 nitrogen and oxygen atoms in total. The van der Waals surface area contributed by atoms with Crippen LogP contribution in [-0.4, -0.2) is 68.2 Å². The molecule has 0 unspecified atom stereocenters. The average molecular weight is 675 g/mol. The highest BCUT2D eigenvalue weighted by Gasteiger charge is 2.37. The van der Waals surface area contributed by atoms with E-state index < -0.39 is 46.0 Å². The fourth-order valence-electron chi connectivity index (χ4n) is 4.69. The van der Waals surface area contributed by atoms with E-state index >= 15 is 0 Å². The Balaban J connectivity index is 0.000000738. The Morgan fingerprint density at radius 3 is 1.96 bits per heavy atom. The normalized spacial score (nSPS) is 13.9. The lowest BCUT2D eigenvalue weighted by atomic mass is 9.98. The molecule has 3 aromatic rings. The Labute approximate surface area is 264 Å². The van der Waals surface area contributed by atoms with Crippen LogP contribution in [0.25, 0.3) is 11.1 Å². The number of hydrogen-bond acceptors (Lipinski definition) is 6. The summed E-state index contributed by atoms with van der Waals surface area (Å²) in [7, 11) is -3.58. The van der Waals surface area contributed by atoms with E-state index in [2.05, 4.69) is 35.4 Å². The molecular formula is C31H36F6N4O4S. The predicted molar refractivity (Wildman–Crippen MR) is 161 cm³/mol. The third kappa shape index (κ3) is 10.2. The molecule has 0 bridgehead atoms. The van der Waals surface area contributed by atoms with Crippen molar-refractivity contribution >= 4 is 15.9 Å². The first-order valence-corrected chi connectivity index (χ1v) is 16.3. The molecule has 0 fully saturated rings. The number of hydrogen-bond donors (Lipinski definition) is 1. The molecule has 1 aromatic heterocycles. The Hall–Kier alpha value is -3.69. The highest BCUT2D eigenvalue weighted by molar-refractivity contribution is 7.88. The van der Waals surface area contributed by atoms with Crippen molar-refractivity contribution in [3.8, 4) is 17.0 Å². The fourth-order valence-corrected chi connectivity index (χ4v) is 5.10. The molecule has 0 atom stereocenters. The number of nitrogens with zero attached hydrogens (tertiary/aromatic N) is 3. The molecule has 1 aliphatic heterocycles. The lowest BCUT2D eigenvalue weighted by molar-refractivity contribution is -0.143. The number of fused-ring (bicyclic) bond motifs is 1. The van der Waals surface area contributed by atoms with E-state index in [-0.39, 0.29) is 48.5 Å². The van der Waals surface area contributed by atoms with Crippen LogP contribution in [0, 0.1) is 0 Å². The zero-order valence-corrected chi connectivity index (χ0v) is 26.6. The first kappa shape index (κ1) is 36.8. The monoisotopic (exact) mass is 674 g/mol. The summed E-state index contributed by atoms with van der Waals surface area (Å²) in [4.78, 5) is 21.4. The van der Waals surface area contributed by atoms with Crippen LogP contribution in [0.2, 0.25) is 0 Å². The molecule has 46 heavy (non-hydrogen) atoms. The standard InChI is InChI=1S/C25H21F6N3O4S.C6H15N/c1-39(36,37)32-13-19-12-20(16-5-3-2-4-6-16)21-22(33-19)38-8-7-34(23(21)35)14-15-9-17(24(26,27)28)11-18(10-15)25(29,30)31;1-4-7(5-2)6-3/h2-6,9-12,32H,7-8,13-14H2,1H3;4-6H2,1-3H3. The number of carbonyl (C=O) groups excluding carboxylic acids is 1. The van der Waals surface area contributed by atoms with Crippen LogP contribution in [-0.2, 0) is 35.5 Å². The molecule has 1 N–H and O–H groups in total. The van der Waals surface area contributed by atoms with E-state index in [9.17, 15) is 39.6 Å². The number of sulfonamides is 1. The summed E-state index contributed by atoms with van der Waals surface area (Å²) in [6, 6.07) is 11.1. The summed E-state index contributed by atoms with van der Waals surface area (Å²) < 4.78 is 111. The molecule has 0 spiro atoms. The molecule has 15 heteroatoms. The number of ether oxygens (including phenoxy) is 1. The topological polar surface area (TPSA) is 91.8 Å². The van der Waals surface area contributed by atoms with Gasteiger partial charge in [-0.15, -0.1) is 0 Å². The van der Waals surface area contributed by atoms with Crippen LogP contribution >= 0.6 is 0 Å². The van der Waals surface area contributed by atoms with Gasteiger partial charge in [-0.2, -0.15) is 26.3 Å². The summed E-state index contributed by atoms with van der Waals surface area (Å²) in [6.07, 6.45) is -9.10. The van der Waals surface area contributed by atoms with Gasteiger partial charge >= 0.3 is 12.4 Å². The van der Waals surface area contributed by atoms with Gasteiger partial charge in [-0.3, -0.25) is 4.79 Å². The van der Waals surface area contributed by atoms with Gasteiger partial charge in [0.25, 0.3) is 5.91 Å². The number of amides is 1. The van der Waals surface area contributed by atoms with Gasteiger partial charge in [0.05, 0.1) is 36.2 Å². The first-order chi connectivity index (χ1) is 21.5. The molecule has 0 saturated heterocycles. The van der Waals surface area contributed by atoms with Crippen molar-refractivity contribution in [2.45, 2.75) is 46.2 Å². The van der Waals surface area contributed by atoms with E-state index in [0.29, 0.717) is 23.3 Å². The van der Waals surface area contributed by atoms with Gasteiger partial charge in [0, 0.05) is 12.1 Å². The maximum atomic E-state index is 13.7. The molecule has 0 saturated carbocycles. The number of alkyl halides is 6. The zero-order valence-electron chi connectivity index (χ0n) is 25.8. The van der Waals surface area contributed by atoms with Crippen molar-refractivity contribution in [2.24, 2.45) is 0 Å². The number of pyridine rings is 1. The molecular weight excluding hydrogens is 638 g/mol. The number of halogens is 6. The van der Waals surface area contributed by atoms with Gasteiger partial charge in [0.2, 0.25) is 15.9 Å². The van der Waals surface area contributed by atoms with Gasteiger partial charge in [-0.1, -0.05) is 51.1 Å². The van der Waals surface area contributed by atoms with E-state index in [1.165, 1.54) is 25.7 Å². The molecule has 2 aromatic carbocycles. The van der Waals surface area contributed by atoms with Gasteiger partial charge < -0.3 is 14.5 Å². The number of carbonyl (C=O) groups is 1. The Kier molecular flexibility index (Phi) is 12.2. The summed E-state index contributed by atoms with van der Waals surface area (Å²) in [5.41, 5.74) is -2.31. The molecule has 4 rings (SSSR count). The molecule has 1 amide bonds. The van der Waals surface area contributed by atoms with Crippen LogP contribution in [0.15, 0.2) is 54.6 Å². The fraction of sp³-hybridized carbons (Fsp3) is 0.419. The third-order valence-corrected chi connectivity index (χ3v) is 7.77. The maximum absolute atomic E-state index is 13.7. The van der Waals surface area contributed by atoms with Crippen molar-refractivity contribution in [3.05, 3.63) is 82.5 Å². The molecule has 0 aliphatic carbocycles. The van der Waals surface area contributed by atoms with Crippen molar-refractivity contribution in [3.63, 3.8) is 0 Å². The van der Waals surface area contributed by atoms with Gasteiger partial charge in [0.1, 0.15) is 12.2 Å². The average Bonchev–Trinajstić information content (AvgIpc) is 3.14. The van der Waals surface area contributed by atoms with Crippen molar-refractivity contribution in [1.82, 2.24) is 19.5 Å². The van der Waals surface area contributed by atoms with Crippen molar-refractivity contribution < 1.29 is 44.3 Å². The summed E-state index contributed by atoms with van der Waals surface area (Å²) in [5, 5.41) is 0. The van der Waals surface area contributed by atoms with Crippen LogP contribution in [0.5, 0.6) is 5.88 Å². The number of nitrogens with one attached hydrogen (secondary N) is 1. The lowest BCUT2D eigenvalue weighted by Gasteiger charge is -2.22. The largest absolute Gasteiger partial charge is 0.475 e. The second-order valence-corrected chi connectivity index (χ2v) is 12.2. The van der Waals surface area contributed by atoms with Crippen LogP contribution < -0.4 is 9.46 Å². The zero-order chi connectivity index (χ0) is 34.3. The number of rotatable bonds is 9. The van der Waals surface area contributed by atoms with Crippen LogP contribution in [0.3, 0.4) is 0 Å². The second kappa shape index (κ2) is 15.3. The maximum Gasteiger partial charge on any atom is 0.416 e. The Bertz CT molecular complexity index is 1560. The lowest BCUT2D eigenvalue weighted by Crippen LogP contribution is -2.32. The highest BCUT2D eigenvalue weighted by atomic mass is 32.2. The highest BCUT2D eigenvalue weighted by Crippen LogP contribution is 2.38. The second-order valence-electron chi connectivity index (χ2n) is 10.4. The smallest absolute Gasteiger partial charge is 0.416 e. The quantitative estimate of drug-likeness (QED) is 0.271. The molecule has 0 radical (unpaired) electrons. The first-order valence-electron chi connectivity index (χ1n) is 14.4. The predicted octanol–water partition coefficient (Wildman–Crippen LogP) is 6.22. The summed E-state index contributed by atoms with van der Waals surface area (Å²) in [5.74, 6) is -0.850. The number of benzene rings is 2. The van der Waals surface area contributed by atoms with Gasteiger partial charge in [-0.25, -0.2) is 18.1 Å². The van der Waals surface area contributed by atoms with E-state index in [1.807, 2.05) is 0 Å². The van der Waals surface area contributed by atoms with Crippen molar-refractivity contribution in [1.29, 1.82) is 0 Å². The molecule has 2 heterocycles. The third-order valence-electron chi connectivity index (χ3n) is 7.10. The van der Waals surface area contributed by atoms with Crippen LogP contribution in [0.4, 0.5) is 26.3 Å². The Morgan fingerprint density at radius 1 is 0.913 bits per heavy atom. The van der Waals surface area contributed by atoms with Crippen molar-refractivity contribution in [2.75, 3.05) is 39.0 Å². The summed E-state index contributed by atoms with van der Waals surface area (Å²) in [6.45, 7) is 9.05. The van der Waals surface area contributed by atoms with Gasteiger partial charge in [-0.05, 0) is 55.0 Å². The minimum absolute atomic E-state index is 0.0235. The molecule has 252 valence electrons. The SMILES string of the molecule is CCN(CC)CC.CS(=O)(=O)NCc1cc(-c2ccccc2)c2c(n1)OCCN(Cc1cc(C(F)(F)F)cc(C(F)(F)F)c1)C2=O. The minimum Gasteiger partial charge on any atom is -0.475 e. The molecule has 1 aliphatic rings. The Morgan fingerprint density at radius 2 is 1.48 bits per heavy atom. The minimum atomic E-state index is -5.03. The summed E-state index contributed by atoms with van der Waals surface area (Å²) >= 11 is 0. The van der Waals surface area contributed by atoms with E-state index in [0.717, 1.165) is 11.2 Å². The number of aromatic nitrogens is 1. The van der Waals surface area contributed by atoms with E-state index in [4.69, 9.17) is 4.74 Å². The van der Waals surface area contributed by atoms with Crippen LogP contribution in [0.1, 0.15) is 53.5 Å².